The Hall–Kier alpha value is -1.20. The molecule has 1 saturated heterocycles. The molecule has 1 aliphatic rings. The van der Waals surface area contributed by atoms with Crippen LogP contribution in [0.4, 0.5) is 4.79 Å². The molecule has 0 aliphatic carbocycles. The second-order valence-electron chi connectivity index (χ2n) is 3.25. The Labute approximate surface area is 98.3 Å². The van der Waals surface area contributed by atoms with Crippen molar-refractivity contribution in [2.45, 2.75) is 5.44 Å². The van der Waals surface area contributed by atoms with Gasteiger partial charge in [0, 0.05) is 18.4 Å². The SMILES string of the molecule is CNC(=O)Oc1ccccc1C1OCCS1. The van der Waals surface area contributed by atoms with Crippen LogP contribution in [0.1, 0.15) is 11.0 Å². The average molecular weight is 239 g/mol. The maximum Gasteiger partial charge on any atom is 0.412 e. The summed E-state index contributed by atoms with van der Waals surface area (Å²) in [7, 11) is 1.53. The number of ether oxygens (including phenoxy) is 2. The van der Waals surface area contributed by atoms with Crippen molar-refractivity contribution in [3.8, 4) is 5.75 Å². The van der Waals surface area contributed by atoms with Crippen LogP contribution in [0.2, 0.25) is 0 Å². The molecule has 1 aliphatic heterocycles. The fourth-order valence-electron chi connectivity index (χ4n) is 1.46. The summed E-state index contributed by atoms with van der Waals surface area (Å²) < 4.78 is 10.7. The molecule has 4 nitrogen and oxygen atoms in total. The zero-order chi connectivity index (χ0) is 11.4. The molecule has 1 heterocycles. The van der Waals surface area contributed by atoms with E-state index in [1.165, 1.54) is 7.05 Å². The highest BCUT2D eigenvalue weighted by atomic mass is 32.2. The number of hydrogen-bond acceptors (Lipinski definition) is 4. The lowest BCUT2D eigenvalue weighted by Crippen LogP contribution is -2.22. The van der Waals surface area contributed by atoms with E-state index in [1.54, 1.807) is 17.8 Å². The normalized spacial score (nSPS) is 19.4. The van der Waals surface area contributed by atoms with Crippen LogP contribution >= 0.6 is 11.8 Å². The summed E-state index contributed by atoms with van der Waals surface area (Å²) in [5, 5.41) is 2.42. The van der Waals surface area contributed by atoms with Crippen molar-refractivity contribution in [2.24, 2.45) is 0 Å². The highest BCUT2D eigenvalue weighted by molar-refractivity contribution is 7.99. The van der Waals surface area contributed by atoms with Crippen molar-refractivity contribution in [1.82, 2.24) is 5.32 Å². The number of nitrogens with one attached hydrogen (secondary N) is 1. The maximum absolute atomic E-state index is 11.2. The van der Waals surface area contributed by atoms with Crippen LogP contribution < -0.4 is 10.1 Å². The molecule has 86 valence electrons. The third-order valence-electron chi connectivity index (χ3n) is 2.20. The van der Waals surface area contributed by atoms with Gasteiger partial charge in [0.15, 0.2) is 0 Å². The maximum atomic E-state index is 11.2. The van der Waals surface area contributed by atoms with E-state index in [0.29, 0.717) is 5.75 Å². The molecule has 0 spiro atoms. The summed E-state index contributed by atoms with van der Waals surface area (Å²) in [4.78, 5) is 11.2. The number of carbonyl (C=O) groups excluding carboxylic acids is 1. The van der Waals surface area contributed by atoms with Crippen molar-refractivity contribution in [3.05, 3.63) is 29.8 Å². The van der Waals surface area contributed by atoms with E-state index in [9.17, 15) is 4.79 Å². The van der Waals surface area contributed by atoms with Crippen LogP contribution in [0.3, 0.4) is 0 Å². The fraction of sp³-hybridized carbons (Fsp3) is 0.364. The van der Waals surface area contributed by atoms with Crippen molar-refractivity contribution in [3.63, 3.8) is 0 Å². The molecule has 5 heteroatoms. The van der Waals surface area contributed by atoms with Crippen molar-refractivity contribution in [2.75, 3.05) is 19.4 Å². The molecule has 0 saturated carbocycles. The molecular formula is C11H13NO3S. The molecule has 1 unspecified atom stereocenters. The number of hydrogen-bond donors (Lipinski definition) is 1. The van der Waals surface area contributed by atoms with E-state index >= 15 is 0 Å². The van der Waals surface area contributed by atoms with Gasteiger partial charge >= 0.3 is 6.09 Å². The van der Waals surface area contributed by atoms with Crippen molar-refractivity contribution >= 4 is 17.9 Å². The van der Waals surface area contributed by atoms with E-state index in [0.717, 1.165) is 17.9 Å². The van der Waals surface area contributed by atoms with E-state index in [1.807, 2.05) is 18.2 Å². The minimum Gasteiger partial charge on any atom is -0.410 e. The van der Waals surface area contributed by atoms with Gasteiger partial charge in [0.25, 0.3) is 0 Å². The van der Waals surface area contributed by atoms with Crippen molar-refractivity contribution < 1.29 is 14.3 Å². The summed E-state index contributed by atoms with van der Waals surface area (Å²) in [6.07, 6.45) is -0.463. The average Bonchev–Trinajstić information content (AvgIpc) is 2.83. The molecule has 1 amide bonds. The minimum absolute atomic E-state index is 0.0270. The van der Waals surface area contributed by atoms with Gasteiger partial charge in [0.1, 0.15) is 11.2 Å². The van der Waals surface area contributed by atoms with Crippen molar-refractivity contribution in [1.29, 1.82) is 0 Å². The molecule has 1 aromatic carbocycles. The fourth-order valence-corrected chi connectivity index (χ4v) is 2.43. The summed E-state index contributed by atoms with van der Waals surface area (Å²) in [6.45, 7) is 0.740. The second-order valence-corrected chi connectivity index (χ2v) is 4.42. The molecule has 1 aromatic rings. The standard InChI is InChI=1S/C11H13NO3S/c1-12-11(13)15-9-5-3-2-4-8(9)10-14-6-7-16-10/h2-5,10H,6-7H2,1H3,(H,12,13). The van der Waals surface area contributed by atoms with Gasteiger partial charge in [0.2, 0.25) is 0 Å². The molecule has 1 fully saturated rings. The number of rotatable bonds is 2. The first kappa shape index (κ1) is 11.3. The zero-order valence-electron chi connectivity index (χ0n) is 8.93. The van der Waals surface area contributed by atoms with Gasteiger partial charge in [0.05, 0.1) is 6.61 Å². The number of benzene rings is 1. The lowest BCUT2D eigenvalue weighted by molar-refractivity contribution is 0.142. The third kappa shape index (κ3) is 2.48. The largest absolute Gasteiger partial charge is 0.412 e. The van der Waals surface area contributed by atoms with Gasteiger partial charge in [-0.2, -0.15) is 0 Å². The Kier molecular flexibility index (Phi) is 3.69. The highest BCUT2D eigenvalue weighted by Gasteiger charge is 2.22. The molecule has 0 aromatic heterocycles. The Morgan fingerprint density at radius 3 is 3.06 bits per heavy atom. The Bertz CT molecular complexity index is 377. The summed E-state index contributed by atoms with van der Waals surface area (Å²) >= 11 is 1.71. The number of carbonyl (C=O) groups is 1. The van der Waals surface area contributed by atoms with E-state index in [-0.39, 0.29) is 5.44 Å². The Morgan fingerprint density at radius 1 is 1.56 bits per heavy atom. The first-order valence-corrected chi connectivity index (χ1v) is 6.08. The highest BCUT2D eigenvalue weighted by Crippen LogP contribution is 2.39. The smallest absolute Gasteiger partial charge is 0.410 e. The van der Waals surface area contributed by atoms with Crippen LogP contribution in [0.25, 0.3) is 0 Å². The van der Waals surface area contributed by atoms with Gasteiger partial charge in [-0.25, -0.2) is 4.79 Å². The van der Waals surface area contributed by atoms with Crippen LogP contribution in [0.5, 0.6) is 5.75 Å². The van der Waals surface area contributed by atoms with E-state index in [2.05, 4.69) is 5.32 Å². The van der Waals surface area contributed by atoms with Crippen LogP contribution in [0.15, 0.2) is 24.3 Å². The van der Waals surface area contributed by atoms with Gasteiger partial charge in [-0.3, -0.25) is 0 Å². The zero-order valence-corrected chi connectivity index (χ0v) is 9.75. The molecule has 1 atom stereocenters. The molecule has 1 N–H and O–H groups in total. The molecule has 16 heavy (non-hydrogen) atoms. The molecule has 0 bridgehead atoms. The monoisotopic (exact) mass is 239 g/mol. The number of amides is 1. The summed E-state index contributed by atoms with van der Waals surface area (Å²) in [5.74, 6) is 1.53. The summed E-state index contributed by atoms with van der Waals surface area (Å²) in [5.41, 5.74) is 0.884. The lowest BCUT2D eigenvalue weighted by Gasteiger charge is -2.13. The van der Waals surface area contributed by atoms with Crippen LogP contribution in [-0.2, 0) is 4.74 Å². The summed E-state index contributed by atoms with van der Waals surface area (Å²) in [6, 6.07) is 7.43. The minimum atomic E-state index is -0.463. The third-order valence-corrected chi connectivity index (χ3v) is 3.30. The van der Waals surface area contributed by atoms with Gasteiger partial charge in [-0.15, -0.1) is 11.8 Å². The van der Waals surface area contributed by atoms with Gasteiger partial charge < -0.3 is 14.8 Å². The van der Waals surface area contributed by atoms with Gasteiger partial charge in [-0.05, 0) is 6.07 Å². The van der Waals surface area contributed by atoms with E-state index < -0.39 is 6.09 Å². The quantitative estimate of drug-likeness (QED) is 0.859. The van der Waals surface area contributed by atoms with Crippen LogP contribution in [0, 0.1) is 0 Å². The predicted molar refractivity (Wildman–Crippen MR) is 62.7 cm³/mol. The molecule has 0 radical (unpaired) electrons. The Balaban J connectivity index is 2.19. The second kappa shape index (κ2) is 5.23. The van der Waals surface area contributed by atoms with E-state index in [4.69, 9.17) is 9.47 Å². The number of para-hydroxylation sites is 1. The van der Waals surface area contributed by atoms with Gasteiger partial charge in [-0.1, -0.05) is 18.2 Å². The molecule has 2 rings (SSSR count). The topological polar surface area (TPSA) is 47.6 Å². The first-order chi connectivity index (χ1) is 7.81. The lowest BCUT2D eigenvalue weighted by atomic mass is 10.2. The Morgan fingerprint density at radius 2 is 2.38 bits per heavy atom. The predicted octanol–water partition coefficient (Wildman–Crippen LogP) is 2.17. The number of thioether (sulfide) groups is 1. The first-order valence-electron chi connectivity index (χ1n) is 5.03. The van der Waals surface area contributed by atoms with Crippen LogP contribution in [-0.4, -0.2) is 25.5 Å². The molecular weight excluding hydrogens is 226 g/mol.